The molecule has 5 nitrogen and oxygen atoms in total. The molecule has 0 aromatic heterocycles. The van der Waals surface area contributed by atoms with Crippen LogP contribution < -0.4 is 9.62 Å². The van der Waals surface area contributed by atoms with E-state index in [2.05, 4.69) is 35.1 Å². The van der Waals surface area contributed by atoms with Gasteiger partial charge in [-0.2, -0.15) is 0 Å². The van der Waals surface area contributed by atoms with Crippen LogP contribution in [0, 0.1) is 12.8 Å². The highest BCUT2D eigenvalue weighted by molar-refractivity contribution is 9.10. The summed E-state index contributed by atoms with van der Waals surface area (Å²) in [5.41, 5.74) is 1.60. The van der Waals surface area contributed by atoms with Gasteiger partial charge in [-0.3, -0.25) is 9.10 Å². The van der Waals surface area contributed by atoms with Gasteiger partial charge in [0.15, 0.2) is 0 Å². The summed E-state index contributed by atoms with van der Waals surface area (Å²) in [5, 5.41) is 3.00. The van der Waals surface area contributed by atoms with Crippen LogP contribution in [0.5, 0.6) is 0 Å². The highest BCUT2D eigenvalue weighted by Crippen LogP contribution is 2.25. The third-order valence-electron chi connectivity index (χ3n) is 4.73. The van der Waals surface area contributed by atoms with E-state index in [0.717, 1.165) is 22.9 Å². The minimum atomic E-state index is -3.40. The van der Waals surface area contributed by atoms with Crippen LogP contribution in [0.25, 0.3) is 0 Å². The first-order valence-corrected chi connectivity index (χ1v) is 12.3. The fraction of sp³-hybridized carbons (Fsp3) is 0.650. The number of hydrogen-bond acceptors (Lipinski definition) is 3. The molecular formula is C20H33BrN2O3S. The van der Waals surface area contributed by atoms with Crippen molar-refractivity contribution in [1.29, 1.82) is 0 Å². The Hall–Kier alpha value is -1.08. The Labute approximate surface area is 173 Å². The molecule has 0 aliphatic heterocycles. The molecule has 154 valence electrons. The lowest BCUT2D eigenvalue weighted by Gasteiger charge is -2.23. The molecular weight excluding hydrogens is 428 g/mol. The SMILES string of the molecule is CCCC[C@H](CC)CNC(=O)CCCN(c1ccc(Br)c(C)c1)S(C)(=O)=O. The first kappa shape index (κ1) is 24.0. The lowest BCUT2D eigenvalue weighted by molar-refractivity contribution is -0.121. The average Bonchev–Trinajstić information content (AvgIpc) is 2.60. The van der Waals surface area contributed by atoms with Crippen LogP contribution in [0.15, 0.2) is 22.7 Å². The third-order valence-corrected chi connectivity index (χ3v) is 6.81. The van der Waals surface area contributed by atoms with Gasteiger partial charge in [0, 0.05) is 24.0 Å². The van der Waals surface area contributed by atoms with Gasteiger partial charge in [-0.15, -0.1) is 0 Å². The number of nitrogens with one attached hydrogen (secondary N) is 1. The molecule has 1 aromatic rings. The first-order valence-electron chi connectivity index (χ1n) is 9.69. The molecule has 0 aliphatic rings. The molecule has 0 heterocycles. The highest BCUT2D eigenvalue weighted by atomic mass is 79.9. The van der Waals surface area contributed by atoms with E-state index in [1.165, 1.54) is 23.4 Å². The van der Waals surface area contributed by atoms with E-state index < -0.39 is 10.0 Å². The van der Waals surface area contributed by atoms with Crippen molar-refractivity contribution in [2.75, 3.05) is 23.7 Å². The van der Waals surface area contributed by atoms with Gasteiger partial charge in [0.05, 0.1) is 11.9 Å². The van der Waals surface area contributed by atoms with Crippen molar-refractivity contribution < 1.29 is 13.2 Å². The van der Waals surface area contributed by atoms with E-state index in [1.54, 1.807) is 6.07 Å². The largest absolute Gasteiger partial charge is 0.356 e. The smallest absolute Gasteiger partial charge is 0.232 e. The lowest BCUT2D eigenvalue weighted by Crippen LogP contribution is -2.33. The van der Waals surface area contributed by atoms with E-state index in [4.69, 9.17) is 0 Å². The number of aryl methyl sites for hydroxylation is 1. The number of hydrogen-bond donors (Lipinski definition) is 1. The summed E-state index contributed by atoms with van der Waals surface area (Å²) in [6.07, 6.45) is 6.56. The minimum Gasteiger partial charge on any atom is -0.356 e. The van der Waals surface area contributed by atoms with Gasteiger partial charge < -0.3 is 5.32 Å². The summed E-state index contributed by atoms with van der Waals surface area (Å²) in [6, 6.07) is 5.46. The van der Waals surface area contributed by atoms with Crippen LogP contribution in [0.1, 0.15) is 57.9 Å². The zero-order chi connectivity index (χ0) is 20.4. The average molecular weight is 461 g/mol. The molecule has 1 aromatic carbocycles. The number of nitrogens with zero attached hydrogens (tertiary/aromatic N) is 1. The Balaban J connectivity index is 2.57. The molecule has 1 atom stereocenters. The van der Waals surface area contributed by atoms with Gasteiger partial charge >= 0.3 is 0 Å². The van der Waals surface area contributed by atoms with Crippen molar-refractivity contribution in [2.24, 2.45) is 5.92 Å². The van der Waals surface area contributed by atoms with Gasteiger partial charge in [0.25, 0.3) is 0 Å². The summed E-state index contributed by atoms with van der Waals surface area (Å²) >= 11 is 3.43. The van der Waals surface area contributed by atoms with Crippen LogP contribution in [-0.2, 0) is 14.8 Å². The predicted molar refractivity (Wildman–Crippen MR) is 117 cm³/mol. The van der Waals surface area contributed by atoms with E-state index >= 15 is 0 Å². The number of rotatable bonds is 12. The van der Waals surface area contributed by atoms with E-state index in [-0.39, 0.29) is 5.91 Å². The minimum absolute atomic E-state index is 0.00890. The van der Waals surface area contributed by atoms with Crippen LogP contribution in [-0.4, -0.2) is 33.7 Å². The molecule has 1 amide bonds. The van der Waals surface area contributed by atoms with E-state index in [9.17, 15) is 13.2 Å². The van der Waals surface area contributed by atoms with Gasteiger partial charge in [-0.05, 0) is 49.4 Å². The second kappa shape index (κ2) is 11.7. The molecule has 7 heteroatoms. The zero-order valence-electron chi connectivity index (χ0n) is 16.9. The molecule has 0 bridgehead atoms. The zero-order valence-corrected chi connectivity index (χ0v) is 19.3. The second-order valence-electron chi connectivity index (χ2n) is 7.09. The Morgan fingerprint density at radius 1 is 1.26 bits per heavy atom. The number of unbranched alkanes of at least 4 members (excludes halogenated alkanes) is 1. The number of halogens is 1. The first-order chi connectivity index (χ1) is 12.7. The fourth-order valence-corrected chi connectivity index (χ4v) is 4.15. The van der Waals surface area contributed by atoms with Gasteiger partial charge in [0.2, 0.25) is 15.9 Å². The van der Waals surface area contributed by atoms with Crippen molar-refractivity contribution in [3.63, 3.8) is 0 Å². The van der Waals surface area contributed by atoms with Crippen LogP contribution >= 0.6 is 15.9 Å². The maximum atomic E-state index is 12.2. The molecule has 0 saturated carbocycles. The monoisotopic (exact) mass is 460 g/mol. The van der Waals surface area contributed by atoms with Crippen molar-refractivity contribution in [3.8, 4) is 0 Å². The van der Waals surface area contributed by atoms with Crippen molar-refractivity contribution >= 4 is 37.5 Å². The van der Waals surface area contributed by atoms with Crippen LogP contribution in [0.3, 0.4) is 0 Å². The quantitative estimate of drug-likeness (QED) is 0.493. The van der Waals surface area contributed by atoms with Crippen LogP contribution in [0.4, 0.5) is 5.69 Å². The Bertz CT molecular complexity index is 707. The summed E-state index contributed by atoms with van der Waals surface area (Å²) in [6.45, 7) is 7.24. The second-order valence-corrected chi connectivity index (χ2v) is 9.85. The van der Waals surface area contributed by atoms with Gasteiger partial charge in [-0.1, -0.05) is 49.0 Å². The molecule has 27 heavy (non-hydrogen) atoms. The fourth-order valence-electron chi connectivity index (χ4n) is 2.94. The Morgan fingerprint density at radius 2 is 1.96 bits per heavy atom. The summed E-state index contributed by atoms with van der Waals surface area (Å²) < 4.78 is 26.7. The number of carbonyl (C=O) groups excluding carboxylic acids is 1. The lowest BCUT2D eigenvalue weighted by atomic mass is 9.99. The molecule has 0 spiro atoms. The number of sulfonamides is 1. The summed E-state index contributed by atoms with van der Waals surface area (Å²) in [5.74, 6) is 0.512. The topological polar surface area (TPSA) is 66.5 Å². The molecule has 0 aliphatic carbocycles. The highest BCUT2D eigenvalue weighted by Gasteiger charge is 2.18. The number of anilines is 1. The standard InChI is InChI=1S/C20H33BrN2O3S/c1-5-7-9-17(6-2)15-22-20(24)10-8-13-23(27(4,25)26)18-11-12-19(21)16(3)14-18/h11-12,14,17H,5-10,13,15H2,1-4H3,(H,22,24)/t17-/m0/s1. The predicted octanol–water partition coefficient (Wildman–Crippen LogP) is 4.64. The van der Waals surface area contributed by atoms with Gasteiger partial charge in [-0.25, -0.2) is 8.42 Å². The molecule has 1 N–H and O–H groups in total. The number of amides is 1. The van der Waals surface area contributed by atoms with Gasteiger partial charge in [0.1, 0.15) is 0 Å². The third kappa shape index (κ3) is 8.64. The van der Waals surface area contributed by atoms with E-state index in [1.807, 2.05) is 19.1 Å². The number of carbonyl (C=O) groups is 1. The van der Waals surface area contributed by atoms with Crippen LogP contribution in [0.2, 0.25) is 0 Å². The molecule has 0 fully saturated rings. The molecule has 0 saturated heterocycles. The van der Waals surface area contributed by atoms with E-state index in [0.29, 0.717) is 37.5 Å². The summed E-state index contributed by atoms with van der Waals surface area (Å²) in [4.78, 5) is 12.1. The van der Waals surface area contributed by atoms with Crippen molar-refractivity contribution in [3.05, 3.63) is 28.2 Å². The maximum Gasteiger partial charge on any atom is 0.232 e. The Kier molecular flexibility index (Phi) is 10.4. The normalized spacial score (nSPS) is 12.6. The molecule has 0 unspecified atom stereocenters. The maximum absolute atomic E-state index is 12.2. The number of benzene rings is 1. The van der Waals surface area contributed by atoms with Crippen molar-refractivity contribution in [1.82, 2.24) is 5.32 Å². The molecule has 0 radical (unpaired) electrons. The molecule has 1 rings (SSSR count). The van der Waals surface area contributed by atoms with Crippen molar-refractivity contribution in [2.45, 2.75) is 59.3 Å². The summed E-state index contributed by atoms with van der Waals surface area (Å²) in [7, 11) is -3.40. The Morgan fingerprint density at radius 3 is 2.52 bits per heavy atom.